The van der Waals surface area contributed by atoms with Gasteiger partial charge >= 0.3 is 31.3 Å². The maximum atomic E-state index is 12.8. The lowest BCUT2D eigenvalue weighted by molar-refractivity contribution is -0.0502. The van der Waals surface area contributed by atoms with Gasteiger partial charge in [-0.25, -0.2) is 7.26 Å². The van der Waals surface area contributed by atoms with Crippen molar-refractivity contribution in [1.29, 1.82) is 0 Å². The molecule has 158 valence electrons. The van der Waals surface area contributed by atoms with E-state index < -0.39 is 49.9 Å². The highest BCUT2D eigenvalue weighted by molar-refractivity contribution is 9.06. The molecule has 0 spiro atoms. The van der Waals surface area contributed by atoms with Gasteiger partial charge in [-0.1, -0.05) is 18.7 Å². The average molecular weight is 474 g/mol. The van der Waals surface area contributed by atoms with Gasteiger partial charge in [-0.05, 0) is 25.7 Å². The van der Waals surface area contributed by atoms with Gasteiger partial charge in [0.15, 0.2) is 0 Å². The predicted molar refractivity (Wildman–Crippen MR) is 85.2 cm³/mol. The van der Waals surface area contributed by atoms with Gasteiger partial charge in [-0.2, -0.15) is 43.2 Å². The number of rotatable bonds is 5. The molecule has 0 saturated carbocycles. The van der Waals surface area contributed by atoms with Gasteiger partial charge < -0.3 is 0 Å². The van der Waals surface area contributed by atoms with Crippen LogP contribution in [0.3, 0.4) is 0 Å². The van der Waals surface area contributed by atoms with Gasteiger partial charge in [-0.15, -0.1) is 0 Å². The van der Waals surface area contributed by atoms with E-state index in [0.29, 0.717) is 0 Å². The normalized spacial score (nSPS) is 26.5. The van der Waals surface area contributed by atoms with E-state index in [1.165, 1.54) is 0 Å². The Morgan fingerprint density at radius 2 is 0.808 bits per heavy atom. The molecule has 0 aromatic heterocycles. The lowest BCUT2D eigenvalue weighted by Crippen LogP contribution is -2.33. The summed E-state index contributed by atoms with van der Waals surface area (Å²) in [7, 11) is -18.9. The van der Waals surface area contributed by atoms with Crippen molar-refractivity contribution in [1.82, 2.24) is 0 Å². The van der Waals surface area contributed by atoms with Crippen LogP contribution in [0.15, 0.2) is 0 Å². The molecule has 0 aliphatic carbocycles. The van der Waals surface area contributed by atoms with Gasteiger partial charge in [0.1, 0.15) is 0 Å². The van der Waals surface area contributed by atoms with Crippen molar-refractivity contribution in [2.75, 3.05) is 23.0 Å². The van der Waals surface area contributed by atoms with Crippen molar-refractivity contribution < 1.29 is 50.4 Å². The molecule has 0 N–H and O–H groups in total. The molecule has 0 unspecified atom stereocenters. The van der Waals surface area contributed by atoms with E-state index in [1.54, 1.807) is 0 Å². The molecule has 0 atom stereocenters. The molecule has 6 nitrogen and oxygen atoms in total. The summed E-state index contributed by atoms with van der Waals surface area (Å²) in [5.74, 6) is -0.980. The topological polar surface area (TPSA) is 86.7 Å². The SMILES string of the molecule is O=S(=O)(OS1(S2(OS(=O)(=O)C(F)(F)F)CCCC2)CCCC1)C(F)(F)F. The maximum Gasteiger partial charge on any atom is 0.523 e. The average Bonchev–Trinajstić information content (AvgIpc) is 3.06. The molecular formula is C10H16F6O6S4. The summed E-state index contributed by atoms with van der Waals surface area (Å²) in [6.07, 6.45) is 0.861. The van der Waals surface area contributed by atoms with E-state index in [2.05, 4.69) is 7.26 Å². The van der Waals surface area contributed by atoms with Crippen LogP contribution in [-0.2, 0) is 27.5 Å². The highest BCUT2D eigenvalue weighted by Gasteiger charge is 2.61. The summed E-state index contributed by atoms with van der Waals surface area (Å²) in [5.41, 5.74) is -11.5. The zero-order valence-corrected chi connectivity index (χ0v) is 16.3. The zero-order valence-electron chi connectivity index (χ0n) is 13.0. The minimum atomic E-state index is -6.10. The maximum absolute atomic E-state index is 12.8. The molecule has 2 heterocycles. The minimum absolute atomic E-state index is 0.215. The zero-order chi connectivity index (χ0) is 20.1. The van der Waals surface area contributed by atoms with Gasteiger partial charge in [0.05, 0.1) is 0 Å². The van der Waals surface area contributed by atoms with E-state index >= 15 is 0 Å². The second kappa shape index (κ2) is 6.86. The highest BCUT2D eigenvalue weighted by Crippen LogP contribution is 2.87. The van der Waals surface area contributed by atoms with E-state index in [9.17, 15) is 43.2 Å². The van der Waals surface area contributed by atoms with E-state index in [1.807, 2.05) is 0 Å². The molecular weight excluding hydrogens is 458 g/mol. The summed E-state index contributed by atoms with van der Waals surface area (Å²) in [5, 5.41) is 0. The molecule has 0 bridgehead atoms. The second-order valence-electron chi connectivity index (χ2n) is 5.65. The molecule has 2 aliphatic rings. The quantitative estimate of drug-likeness (QED) is 0.343. The van der Waals surface area contributed by atoms with Crippen LogP contribution in [0.25, 0.3) is 0 Å². The largest absolute Gasteiger partial charge is 0.523 e. The lowest BCUT2D eigenvalue weighted by Gasteiger charge is -2.51. The number of alkyl halides is 6. The van der Waals surface area contributed by atoms with Crippen LogP contribution in [0, 0.1) is 0 Å². The summed E-state index contributed by atoms with van der Waals surface area (Å²) >= 11 is 0. The fraction of sp³-hybridized carbons (Fsp3) is 1.00. The van der Waals surface area contributed by atoms with E-state index in [0.717, 1.165) is 0 Å². The Bertz CT molecular complexity index is 667. The Balaban J connectivity index is 2.51. The van der Waals surface area contributed by atoms with Crippen molar-refractivity contribution >= 4 is 38.9 Å². The Morgan fingerprint density at radius 3 is 1.00 bits per heavy atom. The molecule has 0 amide bonds. The molecule has 0 radical (unpaired) electrons. The molecule has 2 aliphatic heterocycles. The monoisotopic (exact) mass is 474 g/mol. The van der Waals surface area contributed by atoms with Gasteiger partial charge in [-0.3, -0.25) is 0 Å². The Kier molecular flexibility index (Phi) is 5.91. The first kappa shape index (κ1) is 22.4. The molecule has 0 aromatic rings. The Labute approximate surface area is 149 Å². The summed E-state index contributed by atoms with van der Waals surface area (Å²) < 4.78 is 132. The van der Waals surface area contributed by atoms with Crippen molar-refractivity contribution in [3.05, 3.63) is 0 Å². The van der Waals surface area contributed by atoms with Crippen molar-refractivity contribution in [2.24, 2.45) is 0 Å². The molecule has 2 rings (SSSR count). The minimum Gasteiger partial charge on any atom is -0.203 e. The molecule has 2 saturated heterocycles. The Morgan fingerprint density at radius 1 is 0.577 bits per heavy atom. The first-order valence-electron chi connectivity index (χ1n) is 7.20. The van der Waals surface area contributed by atoms with Crippen molar-refractivity contribution in [3.8, 4) is 0 Å². The van der Waals surface area contributed by atoms with Crippen LogP contribution < -0.4 is 0 Å². The fourth-order valence-electron chi connectivity index (χ4n) is 2.74. The number of halogens is 6. The summed E-state index contributed by atoms with van der Waals surface area (Å²) in [6, 6.07) is 0. The van der Waals surface area contributed by atoms with Crippen LogP contribution in [0.1, 0.15) is 25.7 Å². The highest BCUT2D eigenvalue weighted by atomic mass is 33.2. The first-order chi connectivity index (χ1) is 11.6. The van der Waals surface area contributed by atoms with Gasteiger partial charge in [0.25, 0.3) is 0 Å². The van der Waals surface area contributed by atoms with Crippen LogP contribution in [0.2, 0.25) is 0 Å². The van der Waals surface area contributed by atoms with Gasteiger partial charge in [0.2, 0.25) is 0 Å². The fourth-order valence-corrected chi connectivity index (χ4v) is 20.3. The number of hydrogen-bond donors (Lipinski definition) is 0. The molecule has 26 heavy (non-hydrogen) atoms. The third kappa shape index (κ3) is 3.94. The third-order valence-corrected chi connectivity index (χ3v) is 19.5. The Hall–Kier alpha value is 0.1000. The third-order valence-electron chi connectivity index (χ3n) is 3.87. The number of hydrogen-bond acceptors (Lipinski definition) is 6. The lowest BCUT2D eigenvalue weighted by atomic mass is 10.4. The molecule has 0 aromatic carbocycles. The summed E-state index contributed by atoms with van der Waals surface area (Å²) in [4.78, 5) is 0. The van der Waals surface area contributed by atoms with Crippen molar-refractivity contribution in [2.45, 2.75) is 36.7 Å². The first-order valence-corrected chi connectivity index (χ1v) is 14.3. The smallest absolute Gasteiger partial charge is 0.203 e. The molecule has 2 fully saturated rings. The molecule has 16 heteroatoms. The standard InChI is InChI=1S/C10H16F6O6S4/c11-9(12,13)25(17,18)21-23(5-1-2-6-23)24(7-3-4-8-24)22-26(19,20)10(14,15)16/h1-8H2. The second-order valence-corrected chi connectivity index (χ2v) is 17.7. The van der Waals surface area contributed by atoms with Crippen LogP contribution >= 0.6 is 18.7 Å². The predicted octanol–water partition coefficient (Wildman–Crippen LogP) is 3.66. The van der Waals surface area contributed by atoms with Crippen LogP contribution in [0.4, 0.5) is 26.3 Å². The van der Waals surface area contributed by atoms with Crippen molar-refractivity contribution in [3.63, 3.8) is 0 Å². The van der Waals surface area contributed by atoms with E-state index in [-0.39, 0.29) is 48.7 Å². The summed E-state index contributed by atoms with van der Waals surface area (Å²) in [6.45, 7) is 0. The van der Waals surface area contributed by atoms with E-state index in [4.69, 9.17) is 0 Å². The van der Waals surface area contributed by atoms with Crippen LogP contribution in [-0.4, -0.2) is 50.9 Å². The van der Waals surface area contributed by atoms with Crippen LogP contribution in [0.5, 0.6) is 0 Å². The van der Waals surface area contributed by atoms with Gasteiger partial charge in [0, 0.05) is 23.0 Å².